The Morgan fingerprint density at radius 1 is 0.896 bits per heavy atom. The average Bonchev–Trinajstić information content (AvgIpc) is 3.86. The predicted octanol–water partition coefficient (Wildman–Crippen LogP) is 7.29. The number of nitrogens with two attached hydrogens (primary N) is 1. The zero-order chi connectivity index (χ0) is 48.1. The third-order valence-electron chi connectivity index (χ3n) is 11.2. The van der Waals surface area contributed by atoms with E-state index in [-0.39, 0.29) is 18.2 Å². The zero-order valence-corrected chi connectivity index (χ0v) is 37.5. The summed E-state index contributed by atoms with van der Waals surface area (Å²) >= 11 is 0. The van der Waals surface area contributed by atoms with Crippen LogP contribution in [0.1, 0.15) is 76.8 Å². The molecule has 1 saturated heterocycles. The van der Waals surface area contributed by atoms with E-state index in [1.807, 2.05) is 81.6 Å². The van der Waals surface area contributed by atoms with Crippen molar-refractivity contribution >= 4 is 35.5 Å². The van der Waals surface area contributed by atoms with Gasteiger partial charge in [0.1, 0.15) is 12.2 Å². The van der Waals surface area contributed by atoms with E-state index in [2.05, 4.69) is 30.8 Å². The lowest BCUT2D eigenvalue weighted by atomic mass is 9.81. The maximum atomic E-state index is 14.3. The third-order valence-corrected chi connectivity index (χ3v) is 11.2. The molecule has 1 aliphatic heterocycles. The molecule has 0 bridgehead atoms. The van der Waals surface area contributed by atoms with Gasteiger partial charge in [-0.25, -0.2) is 19.5 Å². The fraction of sp³-hybridized carbons (Fsp3) is 0.426. The number of halogens is 3. The molecule has 3 heterocycles. The molecule has 67 heavy (non-hydrogen) atoms. The first kappa shape index (κ1) is 49.5. The number of aromatic amines is 1. The smallest absolute Gasteiger partial charge is 0.475 e. The standard InChI is InChI=1S/C45H54N10O5.C2HF3O2/c1-45(2,3)60-44(58)48-27-31-14-18-35(19-15-31)41(56)55(36-22-20-34(21-23-36)39-50-52-53-51-39)42(57)38(46)26-30-12-16-33(17-13-30)37-28-47-43(54-24-8-5-9-25-54)49-40(37)59-29-32-10-6-4-7-11-32;3-2(4,5)1(6)7/h4,6-7,10-13,16-17,20-23,28,31,35,38H,5,8-9,14-15,18-19,24-27,29,46H2,1-3H3,(H,48,58)(H,50,51,52,53);(H,6,7)/t31?,35?,38-;/m0./s1. The molecule has 20 heteroatoms. The van der Waals surface area contributed by atoms with Gasteiger partial charge < -0.3 is 30.5 Å². The highest BCUT2D eigenvalue weighted by Gasteiger charge is 2.38. The lowest BCUT2D eigenvalue weighted by Gasteiger charge is -2.32. The van der Waals surface area contributed by atoms with Gasteiger partial charge in [0.2, 0.25) is 23.6 Å². The monoisotopic (exact) mass is 928 g/mol. The van der Waals surface area contributed by atoms with E-state index < -0.39 is 41.7 Å². The maximum absolute atomic E-state index is 14.3. The highest BCUT2D eigenvalue weighted by molar-refractivity contribution is 6.17. The molecule has 0 unspecified atom stereocenters. The van der Waals surface area contributed by atoms with Crippen LogP contribution in [0.4, 0.5) is 29.6 Å². The summed E-state index contributed by atoms with van der Waals surface area (Å²) < 4.78 is 43.5. The lowest BCUT2D eigenvalue weighted by Crippen LogP contribution is -2.50. The van der Waals surface area contributed by atoms with Crippen LogP contribution in [0, 0.1) is 11.8 Å². The SMILES string of the molecule is CC(C)(C)OC(=O)NCC1CCC(C(=O)N(C(=O)[C@@H](N)Cc2ccc(-c3cnc(N4CCCCC4)nc3OCc3ccccc3)cc2)c2ccc(-c3nn[nH]n3)cc2)CC1.O=C(O)C(F)(F)F. The number of carbonyl (C=O) groups is 4. The van der Waals surface area contributed by atoms with Crippen LogP contribution in [0.2, 0.25) is 0 Å². The third kappa shape index (κ3) is 14.3. The number of rotatable bonds is 13. The summed E-state index contributed by atoms with van der Waals surface area (Å²) in [5.41, 5.74) is 10.7. The fourth-order valence-electron chi connectivity index (χ4n) is 7.71. The van der Waals surface area contributed by atoms with Crippen LogP contribution < -0.4 is 25.6 Å². The average molecular weight is 929 g/mol. The number of aromatic nitrogens is 6. The van der Waals surface area contributed by atoms with Gasteiger partial charge in [-0.1, -0.05) is 54.6 Å². The van der Waals surface area contributed by atoms with Crippen LogP contribution in [-0.4, -0.2) is 97.0 Å². The summed E-state index contributed by atoms with van der Waals surface area (Å²) in [6.45, 7) is 8.11. The molecule has 356 valence electrons. The first-order valence-corrected chi connectivity index (χ1v) is 22.1. The summed E-state index contributed by atoms with van der Waals surface area (Å²) in [6, 6.07) is 23.6. The van der Waals surface area contributed by atoms with Crippen LogP contribution in [-0.2, 0) is 32.1 Å². The van der Waals surface area contributed by atoms with E-state index in [0.717, 1.165) is 48.2 Å². The molecule has 0 spiro atoms. The number of alkyl carbamates (subject to hydrolysis) is 1. The Bertz CT molecular complexity index is 2400. The first-order valence-electron chi connectivity index (χ1n) is 22.1. The second-order valence-corrected chi connectivity index (χ2v) is 17.4. The van der Waals surface area contributed by atoms with Gasteiger partial charge in [0.25, 0.3) is 5.91 Å². The molecule has 5 aromatic rings. The van der Waals surface area contributed by atoms with Crippen molar-refractivity contribution in [2.75, 3.05) is 29.4 Å². The molecule has 3 amide bonds. The minimum Gasteiger partial charge on any atom is -0.475 e. The molecule has 1 atom stereocenters. The number of piperidine rings is 1. The van der Waals surface area contributed by atoms with Gasteiger partial charge in [0.05, 0.1) is 17.3 Å². The number of hydrogen-bond acceptors (Lipinski definition) is 13. The molecule has 7 rings (SSSR count). The molecule has 5 N–H and O–H groups in total. The van der Waals surface area contributed by atoms with Gasteiger partial charge in [-0.2, -0.15) is 23.4 Å². The molecule has 2 aromatic heterocycles. The highest BCUT2D eigenvalue weighted by Crippen LogP contribution is 2.34. The quantitative estimate of drug-likeness (QED) is 0.0909. The van der Waals surface area contributed by atoms with E-state index in [0.29, 0.717) is 67.7 Å². The number of anilines is 2. The van der Waals surface area contributed by atoms with Crippen molar-refractivity contribution < 1.29 is 46.9 Å². The van der Waals surface area contributed by atoms with E-state index in [1.165, 1.54) is 11.3 Å². The Hall–Kier alpha value is -6.96. The summed E-state index contributed by atoms with van der Waals surface area (Å²) in [4.78, 5) is 62.9. The second-order valence-electron chi connectivity index (χ2n) is 17.4. The summed E-state index contributed by atoms with van der Waals surface area (Å²) in [5, 5.41) is 24.1. The number of amides is 3. The number of nitrogens with one attached hydrogen (secondary N) is 2. The van der Waals surface area contributed by atoms with Crippen molar-refractivity contribution in [1.29, 1.82) is 0 Å². The molecular weight excluding hydrogens is 874 g/mol. The van der Waals surface area contributed by atoms with Gasteiger partial charge in [-0.15, -0.1) is 10.2 Å². The number of imide groups is 1. The number of hydrogen-bond donors (Lipinski definition) is 4. The lowest BCUT2D eigenvalue weighted by molar-refractivity contribution is -0.192. The number of ether oxygens (including phenoxy) is 2. The summed E-state index contributed by atoms with van der Waals surface area (Å²) in [7, 11) is 0. The minimum atomic E-state index is -5.08. The van der Waals surface area contributed by atoms with E-state index >= 15 is 0 Å². The van der Waals surface area contributed by atoms with Gasteiger partial charge in [0, 0.05) is 37.3 Å². The molecule has 0 radical (unpaired) electrons. The Morgan fingerprint density at radius 3 is 2.13 bits per heavy atom. The Balaban J connectivity index is 0.000000980. The van der Waals surface area contributed by atoms with Crippen LogP contribution in [0.15, 0.2) is 85.1 Å². The molecule has 2 fully saturated rings. The molecule has 1 saturated carbocycles. The van der Waals surface area contributed by atoms with Crippen molar-refractivity contribution in [2.45, 2.75) is 96.6 Å². The molecule has 1 aliphatic carbocycles. The molecular formula is C47H55F3N10O7. The van der Waals surface area contributed by atoms with Crippen molar-refractivity contribution in [2.24, 2.45) is 17.6 Å². The number of H-pyrrole nitrogens is 1. The fourth-order valence-corrected chi connectivity index (χ4v) is 7.71. The number of benzene rings is 3. The zero-order valence-electron chi connectivity index (χ0n) is 37.5. The van der Waals surface area contributed by atoms with Gasteiger partial charge >= 0.3 is 18.2 Å². The first-order chi connectivity index (χ1) is 31.9. The summed E-state index contributed by atoms with van der Waals surface area (Å²) in [6.07, 6.45) is 2.47. The van der Waals surface area contributed by atoms with E-state index in [1.54, 1.807) is 24.3 Å². The van der Waals surface area contributed by atoms with Crippen molar-refractivity contribution in [3.63, 3.8) is 0 Å². The number of carboxylic acid groups (broad SMARTS) is 1. The largest absolute Gasteiger partial charge is 0.490 e. The summed E-state index contributed by atoms with van der Waals surface area (Å²) in [5.74, 6) is -2.20. The van der Waals surface area contributed by atoms with E-state index in [4.69, 9.17) is 35.1 Å². The van der Waals surface area contributed by atoms with Crippen LogP contribution >= 0.6 is 0 Å². The molecule has 2 aliphatic rings. The van der Waals surface area contributed by atoms with Gasteiger partial charge in [-0.3, -0.25) is 9.59 Å². The number of nitrogens with zero attached hydrogens (tertiary/aromatic N) is 7. The maximum Gasteiger partial charge on any atom is 0.490 e. The normalized spacial score (nSPS) is 16.7. The number of alkyl halides is 3. The minimum absolute atomic E-state index is 0.191. The van der Waals surface area contributed by atoms with Gasteiger partial charge in [0.15, 0.2) is 0 Å². The molecule has 17 nitrogen and oxygen atoms in total. The molecule has 3 aromatic carbocycles. The van der Waals surface area contributed by atoms with Crippen LogP contribution in [0.5, 0.6) is 5.88 Å². The Morgan fingerprint density at radius 2 is 1.54 bits per heavy atom. The second kappa shape index (κ2) is 22.5. The number of tetrazole rings is 1. The van der Waals surface area contributed by atoms with Crippen molar-refractivity contribution in [1.82, 2.24) is 35.9 Å². The highest BCUT2D eigenvalue weighted by atomic mass is 19.4. The predicted molar refractivity (Wildman–Crippen MR) is 241 cm³/mol. The Kier molecular flexibility index (Phi) is 16.6. The van der Waals surface area contributed by atoms with E-state index in [9.17, 15) is 27.6 Å². The van der Waals surface area contributed by atoms with Crippen molar-refractivity contribution in [3.8, 4) is 28.4 Å². The van der Waals surface area contributed by atoms with Crippen molar-refractivity contribution in [3.05, 3.63) is 96.2 Å². The topological polar surface area (TPSA) is 232 Å². The van der Waals surface area contributed by atoms with Gasteiger partial charge in [-0.05, 0) is 124 Å². The van der Waals surface area contributed by atoms with Crippen LogP contribution in [0.3, 0.4) is 0 Å². The van der Waals surface area contributed by atoms with Crippen LogP contribution in [0.25, 0.3) is 22.5 Å². The number of carboxylic acids is 1. The number of aliphatic carboxylic acids is 1. The number of carbonyl (C=O) groups excluding carboxylic acids is 3. The Labute approximate surface area is 385 Å².